The summed E-state index contributed by atoms with van der Waals surface area (Å²) < 4.78 is 13.3. The number of hydrogen-bond donors (Lipinski definition) is 0. The molecule has 166 valence electrons. The van der Waals surface area contributed by atoms with Gasteiger partial charge in [0, 0.05) is 18.2 Å². The van der Waals surface area contributed by atoms with E-state index in [0.717, 1.165) is 44.6 Å². The van der Waals surface area contributed by atoms with Gasteiger partial charge in [0.2, 0.25) is 0 Å². The number of ether oxygens (including phenoxy) is 2. The molecular weight excluding hydrogens is 386 g/mol. The molecular formula is C27H35NO3. The molecule has 0 radical (unpaired) electrons. The maximum Gasteiger partial charge on any atom is 0.251 e. The minimum Gasteiger partial charge on any atom is -0.376 e. The van der Waals surface area contributed by atoms with Gasteiger partial charge in [-0.05, 0) is 73.1 Å². The highest BCUT2D eigenvalue weighted by Gasteiger charge is 2.24. The predicted octanol–water partition coefficient (Wildman–Crippen LogP) is 4.71. The largest absolute Gasteiger partial charge is 0.376 e. The first-order chi connectivity index (χ1) is 15.2. The highest BCUT2D eigenvalue weighted by atomic mass is 16.6. The highest BCUT2D eigenvalue weighted by molar-refractivity contribution is 5.70. The van der Waals surface area contributed by atoms with Crippen LogP contribution in [0.2, 0.25) is 0 Å². The van der Waals surface area contributed by atoms with Crippen molar-refractivity contribution in [2.24, 2.45) is 5.92 Å². The number of hydrogen-bond acceptors (Lipinski definition) is 3. The van der Waals surface area contributed by atoms with Crippen molar-refractivity contribution in [1.82, 2.24) is 4.57 Å². The topological polar surface area (TPSA) is 40.5 Å². The molecule has 5 rings (SSSR count). The van der Waals surface area contributed by atoms with Gasteiger partial charge in [0.05, 0.1) is 31.6 Å². The lowest BCUT2D eigenvalue weighted by Crippen LogP contribution is -2.29. The first kappa shape index (κ1) is 21.0. The van der Waals surface area contributed by atoms with Crippen molar-refractivity contribution in [3.63, 3.8) is 0 Å². The molecule has 2 fully saturated rings. The summed E-state index contributed by atoms with van der Waals surface area (Å²) in [7, 11) is 0. The molecule has 1 aliphatic carbocycles. The zero-order valence-electron chi connectivity index (χ0n) is 18.8. The minimum absolute atomic E-state index is 0.155. The van der Waals surface area contributed by atoms with Crippen LogP contribution in [0, 0.1) is 5.92 Å². The van der Waals surface area contributed by atoms with E-state index in [9.17, 15) is 4.79 Å². The normalized spacial score (nSPS) is 20.4. The van der Waals surface area contributed by atoms with Crippen LogP contribution in [-0.4, -0.2) is 30.5 Å². The number of nitrogens with zero attached hydrogens (tertiary/aromatic N) is 1. The average molecular weight is 422 g/mol. The zero-order chi connectivity index (χ0) is 21.2. The maximum atomic E-state index is 13.0. The van der Waals surface area contributed by atoms with Crippen molar-refractivity contribution in [2.45, 2.75) is 77.4 Å². The summed E-state index contributed by atoms with van der Waals surface area (Å²) in [6.07, 6.45) is 10.4. The summed E-state index contributed by atoms with van der Waals surface area (Å²) in [5, 5.41) is 0. The Labute approximate surface area is 185 Å². The van der Waals surface area contributed by atoms with Gasteiger partial charge in [-0.25, -0.2) is 0 Å². The smallest absolute Gasteiger partial charge is 0.251 e. The zero-order valence-corrected chi connectivity index (χ0v) is 18.8. The highest BCUT2D eigenvalue weighted by Crippen LogP contribution is 2.36. The van der Waals surface area contributed by atoms with E-state index in [2.05, 4.69) is 25.1 Å². The fraction of sp³-hybridized carbons (Fsp3) is 0.593. The van der Waals surface area contributed by atoms with Crippen LogP contribution in [0.3, 0.4) is 0 Å². The molecule has 2 aliphatic heterocycles. The Morgan fingerprint density at radius 2 is 2.00 bits per heavy atom. The van der Waals surface area contributed by atoms with Gasteiger partial charge in [0.1, 0.15) is 0 Å². The maximum absolute atomic E-state index is 13.0. The van der Waals surface area contributed by atoms with Gasteiger partial charge in [0.25, 0.3) is 5.56 Å². The van der Waals surface area contributed by atoms with E-state index in [-0.39, 0.29) is 11.7 Å². The molecule has 4 nitrogen and oxygen atoms in total. The molecule has 0 unspecified atom stereocenters. The van der Waals surface area contributed by atoms with E-state index in [0.29, 0.717) is 19.8 Å². The van der Waals surface area contributed by atoms with Crippen LogP contribution in [-0.2, 0) is 41.7 Å². The Bertz CT molecular complexity index is 983. The standard InChI is InChI=1S/C27H35NO3/c1-2-24-21(4-3-5-23-18-30-14-15-31-23)17-26(29)28-13-12-22-16-20(9-8-19-6-7-19)10-11-25(22)27(24)28/h10-11,16-17,19,23H,2-9,12-15,18H2,1H3/t23-/m1/s1. The van der Waals surface area contributed by atoms with Gasteiger partial charge in [-0.2, -0.15) is 0 Å². The molecule has 0 amide bonds. The first-order valence-electron chi connectivity index (χ1n) is 12.3. The molecule has 1 atom stereocenters. The van der Waals surface area contributed by atoms with Crippen LogP contribution in [0.4, 0.5) is 0 Å². The second-order valence-electron chi connectivity index (χ2n) is 9.52. The van der Waals surface area contributed by atoms with E-state index in [1.807, 2.05) is 10.6 Å². The van der Waals surface area contributed by atoms with Crippen molar-refractivity contribution in [1.29, 1.82) is 0 Å². The lowest BCUT2D eigenvalue weighted by molar-refractivity contribution is -0.0910. The quantitative estimate of drug-likeness (QED) is 0.620. The SMILES string of the molecule is CCc1c(CCC[C@@H]2COCCO2)cc(=O)n2c1-c1ccc(CCC3CC3)cc1CC2. The Morgan fingerprint density at radius 3 is 2.77 bits per heavy atom. The number of fused-ring (bicyclic) bond motifs is 3. The molecule has 4 heteroatoms. The van der Waals surface area contributed by atoms with Crippen LogP contribution in [0.15, 0.2) is 29.1 Å². The van der Waals surface area contributed by atoms with E-state index < -0.39 is 0 Å². The van der Waals surface area contributed by atoms with Gasteiger partial charge >= 0.3 is 0 Å². The summed E-state index contributed by atoms with van der Waals surface area (Å²) in [6, 6.07) is 8.90. The summed E-state index contributed by atoms with van der Waals surface area (Å²) >= 11 is 0. The lowest BCUT2D eigenvalue weighted by Gasteiger charge is -2.27. The second-order valence-corrected chi connectivity index (χ2v) is 9.52. The minimum atomic E-state index is 0.155. The number of pyridine rings is 1. The molecule has 1 saturated carbocycles. The van der Waals surface area contributed by atoms with Gasteiger partial charge in [-0.3, -0.25) is 4.79 Å². The van der Waals surface area contributed by atoms with E-state index in [1.54, 1.807) is 0 Å². The molecule has 3 heterocycles. The third-order valence-corrected chi connectivity index (χ3v) is 7.29. The molecule has 0 bridgehead atoms. The van der Waals surface area contributed by atoms with Crippen molar-refractivity contribution < 1.29 is 9.47 Å². The fourth-order valence-electron chi connectivity index (χ4n) is 5.36. The van der Waals surface area contributed by atoms with Crippen molar-refractivity contribution >= 4 is 0 Å². The predicted molar refractivity (Wildman–Crippen MR) is 124 cm³/mol. The summed E-state index contributed by atoms with van der Waals surface area (Å²) in [5.41, 5.74) is 8.08. The van der Waals surface area contributed by atoms with E-state index >= 15 is 0 Å². The van der Waals surface area contributed by atoms with Crippen LogP contribution in [0.25, 0.3) is 11.3 Å². The van der Waals surface area contributed by atoms with E-state index in [4.69, 9.17) is 9.47 Å². The molecule has 2 aromatic rings. The van der Waals surface area contributed by atoms with Gasteiger partial charge in [-0.1, -0.05) is 38.0 Å². The Kier molecular flexibility index (Phi) is 6.29. The number of aromatic nitrogens is 1. The summed E-state index contributed by atoms with van der Waals surface area (Å²) in [6.45, 7) is 5.13. The number of benzene rings is 1. The van der Waals surface area contributed by atoms with Crippen LogP contribution in [0.5, 0.6) is 0 Å². The number of aryl methyl sites for hydroxylation is 3. The Balaban J connectivity index is 1.39. The first-order valence-corrected chi connectivity index (χ1v) is 12.3. The van der Waals surface area contributed by atoms with Crippen LogP contribution >= 0.6 is 0 Å². The summed E-state index contributed by atoms with van der Waals surface area (Å²) in [4.78, 5) is 13.0. The lowest BCUT2D eigenvalue weighted by atomic mass is 9.88. The monoisotopic (exact) mass is 421 g/mol. The van der Waals surface area contributed by atoms with Crippen LogP contribution in [0.1, 0.15) is 61.3 Å². The Hall–Kier alpha value is -1.91. The number of rotatable bonds is 8. The van der Waals surface area contributed by atoms with Crippen LogP contribution < -0.4 is 5.56 Å². The molecule has 1 aromatic heterocycles. The van der Waals surface area contributed by atoms with Gasteiger partial charge < -0.3 is 14.0 Å². The Morgan fingerprint density at radius 1 is 1.10 bits per heavy atom. The summed E-state index contributed by atoms with van der Waals surface area (Å²) in [5.74, 6) is 0.968. The van der Waals surface area contributed by atoms with Gasteiger partial charge in [-0.15, -0.1) is 0 Å². The fourth-order valence-corrected chi connectivity index (χ4v) is 5.36. The second kappa shape index (κ2) is 9.30. The molecule has 0 N–H and O–H groups in total. The van der Waals surface area contributed by atoms with Gasteiger partial charge in [0.15, 0.2) is 0 Å². The van der Waals surface area contributed by atoms with Crippen molar-refractivity contribution in [3.8, 4) is 11.3 Å². The van der Waals surface area contributed by atoms with Crippen molar-refractivity contribution in [3.05, 3.63) is 56.9 Å². The molecule has 1 aromatic carbocycles. The molecule has 31 heavy (non-hydrogen) atoms. The molecule has 1 saturated heterocycles. The van der Waals surface area contributed by atoms with Crippen molar-refractivity contribution in [2.75, 3.05) is 19.8 Å². The third kappa shape index (κ3) is 4.65. The average Bonchev–Trinajstić information content (AvgIpc) is 3.63. The molecule has 3 aliphatic rings. The third-order valence-electron chi connectivity index (χ3n) is 7.29. The molecule has 0 spiro atoms. The van der Waals surface area contributed by atoms with E-state index in [1.165, 1.54) is 59.2 Å².